The van der Waals surface area contributed by atoms with Crippen molar-refractivity contribution >= 4 is 32.8 Å². The van der Waals surface area contributed by atoms with Gasteiger partial charge >= 0.3 is 0 Å². The van der Waals surface area contributed by atoms with Crippen molar-refractivity contribution in [1.82, 2.24) is 19.4 Å². The lowest BCUT2D eigenvalue weighted by Gasteiger charge is -2.32. The molecular formula is C26H32N6O4S. The number of aromatic nitrogens is 3. The van der Waals surface area contributed by atoms with Crippen molar-refractivity contribution in [2.24, 2.45) is 7.05 Å². The number of hydrogen-bond donors (Lipinski definition) is 2. The predicted octanol–water partition coefficient (Wildman–Crippen LogP) is 4.15. The number of fused-ring (bicyclic) bond motifs is 1. The van der Waals surface area contributed by atoms with E-state index in [1.807, 2.05) is 6.92 Å². The number of nitrogens with zero attached hydrogens (tertiary/aromatic N) is 4. The van der Waals surface area contributed by atoms with Crippen LogP contribution in [0.15, 0.2) is 58.4 Å². The molecule has 3 heterocycles. The molecule has 0 unspecified atom stereocenters. The molecule has 11 heteroatoms. The largest absolute Gasteiger partial charge is 0.494 e. The van der Waals surface area contributed by atoms with Crippen LogP contribution in [0.25, 0.3) is 11.1 Å². The lowest BCUT2D eigenvalue weighted by molar-refractivity contribution is 0.210. The van der Waals surface area contributed by atoms with Gasteiger partial charge in [0.15, 0.2) is 10.6 Å². The van der Waals surface area contributed by atoms with Gasteiger partial charge in [0.2, 0.25) is 0 Å². The Hall–Kier alpha value is -3.57. The Balaban J connectivity index is 1.18. The van der Waals surface area contributed by atoms with Crippen LogP contribution in [0.1, 0.15) is 30.9 Å². The minimum absolute atomic E-state index is 0.0407. The summed E-state index contributed by atoms with van der Waals surface area (Å²) in [4.78, 5) is 10.9. The maximum absolute atomic E-state index is 12.6. The number of anilines is 2. The second-order valence-electron chi connectivity index (χ2n) is 9.41. The SMILES string of the molecule is CCOc1cc(CN2CCC(Nc3nc4cc(NS(=O)(=O)c5cn(C)cn5)ccc4o3)CC2)ccc1C. The van der Waals surface area contributed by atoms with E-state index in [2.05, 4.69) is 50.0 Å². The molecule has 37 heavy (non-hydrogen) atoms. The van der Waals surface area contributed by atoms with E-state index >= 15 is 0 Å². The zero-order valence-corrected chi connectivity index (χ0v) is 22.1. The Bertz CT molecular complexity index is 1490. The monoisotopic (exact) mass is 524 g/mol. The molecule has 1 aliphatic heterocycles. The van der Waals surface area contributed by atoms with Crippen molar-refractivity contribution in [2.75, 3.05) is 29.7 Å². The van der Waals surface area contributed by atoms with Crippen molar-refractivity contribution in [2.45, 2.75) is 44.3 Å². The number of nitrogens with one attached hydrogen (secondary N) is 2. The molecule has 5 rings (SSSR count). The summed E-state index contributed by atoms with van der Waals surface area (Å²) < 4.78 is 40.9. The number of oxazole rings is 1. The van der Waals surface area contributed by atoms with Gasteiger partial charge in [-0.1, -0.05) is 12.1 Å². The standard InChI is InChI=1S/C26H32N6O4S/c1-4-35-24-13-19(6-5-18(24)2)15-32-11-9-20(10-12-32)28-26-29-22-14-21(7-8-23(22)36-26)30-37(33,34)25-16-31(3)17-27-25/h5-8,13-14,16-17,20,30H,4,9-12,15H2,1-3H3,(H,28,29). The average molecular weight is 525 g/mol. The Labute approximate surface area is 216 Å². The van der Waals surface area contributed by atoms with Crippen LogP contribution >= 0.6 is 0 Å². The van der Waals surface area contributed by atoms with Gasteiger partial charge in [0.1, 0.15) is 11.3 Å². The lowest BCUT2D eigenvalue weighted by Crippen LogP contribution is -2.38. The average Bonchev–Trinajstić information content (AvgIpc) is 3.48. The first-order valence-corrected chi connectivity index (χ1v) is 13.9. The number of hydrogen-bond acceptors (Lipinski definition) is 8. The van der Waals surface area contributed by atoms with Crippen LogP contribution in [0.2, 0.25) is 0 Å². The molecule has 0 aliphatic carbocycles. The summed E-state index contributed by atoms with van der Waals surface area (Å²) >= 11 is 0. The summed E-state index contributed by atoms with van der Waals surface area (Å²) in [7, 11) is -2.06. The smallest absolute Gasteiger partial charge is 0.295 e. The molecule has 0 atom stereocenters. The Kier molecular flexibility index (Phi) is 7.07. The van der Waals surface area contributed by atoms with Crippen LogP contribution in [0.4, 0.5) is 11.7 Å². The first-order valence-electron chi connectivity index (χ1n) is 12.4. The van der Waals surface area contributed by atoms with Crippen LogP contribution in [-0.4, -0.2) is 53.6 Å². The molecule has 0 bridgehead atoms. The normalized spacial score (nSPS) is 15.2. The fraction of sp³-hybridized carbons (Fsp3) is 0.385. The summed E-state index contributed by atoms with van der Waals surface area (Å²) in [5.74, 6) is 0.959. The van der Waals surface area contributed by atoms with Gasteiger partial charge in [-0.25, -0.2) is 4.98 Å². The fourth-order valence-corrected chi connectivity index (χ4v) is 5.54. The van der Waals surface area contributed by atoms with Gasteiger partial charge < -0.3 is 19.0 Å². The molecule has 4 aromatic rings. The van der Waals surface area contributed by atoms with Crippen LogP contribution in [0.3, 0.4) is 0 Å². The van der Waals surface area contributed by atoms with E-state index in [-0.39, 0.29) is 11.1 Å². The number of piperidine rings is 1. The molecule has 1 aliphatic rings. The van der Waals surface area contributed by atoms with Crippen molar-refractivity contribution in [3.05, 3.63) is 60.0 Å². The highest BCUT2D eigenvalue weighted by Gasteiger charge is 2.22. The van der Waals surface area contributed by atoms with Gasteiger partial charge in [-0.3, -0.25) is 9.62 Å². The summed E-state index contributed by atoms with van der Waals surface area (Å²) in [6, 6.07) is 12.2. The van der Waals surface area contributed by atoms with Crippen LogP contribution in [0.5, 0.6) is 5.75 Å². The highest BCUT2D eigenvalue weighted by Crippen LogP contribution is 2.26. The first-order chi connectivity index (χ1) is 17.8. The molecule has 2 aromatic heterocycles. The minimum atomic E-state index is -3.78. The zero-order chi connectivity index (χ0) is 26.0. The van der Waals surface area contributed by atoms with Crippen molar-refractivity contribution in [3.63, 3.8) is 0 Å². The third-order valence-corrected chi connectivity index (χ3v) is 7.74. The number of aryl methyl sites for hydroxylation is 2. The quantitative estimate of drug-likeness (QED) is 0.336. The number of rotatable bonds is 9. The second-order valence-corrected chi connectivity index (χ2v) is 11.0. The number of imidazole rings is 1. The summed E-state index contributed by atoms with van der Waals surface area (Å²) in [5, 5.41) is 3.37. The fourth-order valence-electron chi connectivity index (χ4n) is 4.51. The van der Waals surface area contributed by atoms with Crippen molar-refractivity contribution in [3.8, 4) is 5.75 Å². The topological polar surface area (TPSA) is 115 Å². The van der Waals surface area contributed by atoms with Crippen LogP contribution in [-0.2, 0) is 23.6 Å². The van der Waals surface area contributed by atoms with Gasteiger partial charge in [0.05, 0.1) is 18.6 Å². The molecule has 0 radical (unpaired) electrons. The molecule has 1 fully saturated rings. The minimum Gasteiger partial charge on any atom is -0.494 e. The number of ether oxygens (including phenoxy) is 1. The van der Waals surface area contributed by atoms with E-state index in [0.29, 0.717) is 29.4 Å². The van der Waals surface area contributed by atoms with Crippen LogP contribution in [0, 0.1) is 6.92 Å². The summed E-state index contributed by atoms with van der Waals surface area (Å²) in [6.45, 7) is 7.57. The number of likely N-dealkylation sites (tertiary alicyclic amines) is 1. The molecule has 2 aromatic carbocycles. The van der Waals surface area contributed by atoms with E-state index in [1.165, 1.54) is 18.1 Å². The van der Waals surface area contributed by atoms with Gasteiger partial charge in [0.25, 0.3) is 16.0 Å². The van der Waals surface area contributed by atoms with Crippen molar-refractivity contribution < 1.29 is 17.6 Å². The molecular weight excluding hydrogens is 492 g/mol. The van der Waals surface area contributed by atoms with Gasteiger partial charge in [-0.05, 0) is 62.1 Å². The third-order valence-electron chi connectivity index (χ3n) is 6.47. The van der Waals surface area contributed by atoms with Gasteiger partial charge in [0, 0.05) is 38.9 Å². The highest BCUT2D eigenvalue weighted by molar-refractivity contribution is 7.92. The lowest BCUT2D eigenvalue weighted by atomic mass is 10.0. The Morgan fingerprint density at radius 3 is 2.70 bits per heavy atom. The summed E-state index contributed by atoms with van der Waals surface area (Å²) in [5.41, 5.74) is 3.98. The maximum atomic E-state index is 12.6. The Morgan fingerprint density at radius 1 is 1.16 bits per heavy atom. The Morgan fingerprint density at radius 2 is 1.97 bits per heavy atom. The van der Waals surface area contributed by atoms with E-state index in [1.54, 1.807) is 29.8 Å². The first kappa shape index (κ1) is 25.1. The van der Waals surface area contributed by atoms with E-state index in [4.69, 9.17) is 9.15 Å². The molecule has 10 nitrogen and oxygen atoms in total. The molecule has 0 saturated carbocycles. The van der Waals surface area contributed by atoms with Gasteiger partial charge in [-0.15, -0.1) is 0 Å². The maximum Gasteiger partial charge on any atom is 0.295 e. The van der Waals surface area contributed by atoms with E-state index in [0.717, 1.165) is 43.8 Å². The highest BCUT2D eigenvalue weighted by atomic mass is 32.2. The van der Waals surface area contributed by atoms with E-state index < -0.39 is 10.0 Å². The predicted molar refractivity (Wildman–Crippen MR) is 142 cm³/mol. The molecule has 1 saturated heterocycles. The molecule has 0 amide bonds. The number of sulfonamides is 1. The zero-order valence-electron chi connectivity index (χ0n) is 21.3. The second kappa shape index (κ2) is 10.4. The van der Waals surface area contributed by atoms with Gasteiger partial charge in [-0.2, -0.15) is 13.4 Å². The van der Waals surface area contributed by atoms with E-state index in [9.17, 15) is 8.42 Å². The molecule has 2 N–H and O–H groups in total. The third kappa shape index (κ3) is 5.89. The summed E-state index contributed by atoms with van der Waals surface area (Å²) in [6.07, 6.45) is 4.83. The molecule has 0 spiro atoms. The number of benzene rings is 2. The van der Waals surface area contributed by atoms with Crippen molar-refractivity contribution in [1.29, 1.82) is 0 Å². The molecule has 196 valence electrons. The van der Waals surface area contributed by atoms with Crippen LogP contribution < -0.4 is 14.8 Å².